The number of thiophene rings is 1. The van der Waals surface area contributed by atoms with Gasteiger partial charge < -0.3 is 14.6 Å². The molecule has 0 unspecified atom stereocenters. The molecule has 0 radical (unpaired) electrons. The van der Waals surface area contributed by atoms with E-state index in [4.69, 9.17) is 4.74 Å². The Labute approximate surface area is 223 Å². The number of fused-ring (bicyclic) bond motifs is 2. The number of ether oxygens (including phenoxy) is 1. The first kappa shape index (κ1) is 24.0. The van der Waals surface area contributed by atoms with Gasteiger partial charge in [0.15, 0.2) is 5.78 Å². The summed E-state index contributed by atoms with van der Waals surface area (Å²) >= 11 is 1.46. The fourth-order valence-electron chi connectivity index (χ4n) is 4.43. The predicted molar refractivity (Wildman–Crippen MR) is 152 cm³/mol. The summed E-state index contributed by atoms with van der Waals surface area (Å²) in [5, 5.41) is 9.77. The number of ketones is 1. The van der Waals surface area contributed by atoms with E-state index in [-0.39, 0.29) is 5.78 Å². The minimum absolute atomic E-state index is 0.0582. The summed E-state index contributed by atoms with van der Waals surface area (Å²) in [6.07, 6.45) is 5.37. The van der Waals surface area contributed by atoms with Crippen LogP contribution in [-0.4, -0.2) is 63.1 Å². The van der Waals surface area contributed by atoms with Gasteiger partial charge in [0.1, 0.15) is 18.1 Å². The van der Waals surface area contributed by atoms with Crippen LogP contribution in [0.1, 0.15) is 16.6 Å². The third-order valence-corrected chi connectivity index (χ3v) is 7.60. The smallest absolute Gasteiger partial charge is 0.169 e. The number of pyridine rings is 2. The zero-order valence-corrected chi connectivity index (χ0v) is 22.1. The Morgan fingerprint density at radius 2 is 1.84 bits per heavy atom. The van der Waals surface area contributed by atoms with Crippen LogP contribution in [0.5, 0.6) is 5.75 Å². The van der Waals surface area contributed by atoms with Crippen LogP contribution in [0.4, 0.5) is 0 Å². The molecule has 0 saturated heterocycles. The van der Waals surface area contributed by atoms with Gasteiger partial charge in [-0.15, -0.1) is 11.3 Å². The Kier molecular flexibility index (Phi) is 6.22. The molecule has 0 amide bonds. The number of nitrogens with zero attached hydrogens (tertiary/aromatic N) is 4. The number of benzene rings is 1. The molecule has 2 N–H and O–H groups in total. The first-order valence-corrected chi connectivity index (χ1v) is 13.1. The van der Waals surface area contributed by atoms with Gasteiger partial charge in [0.2, 0.25) is 0 Å². The third kappa shape index (κ3) is 4.57. The zero-order chi connectivity index (χ0) is 26.2. The lowest BCUT2D eigenvalue weighted by Gasteiger charge is -2.11. The van der Waals surface area contributed by atoms with E-state index in [2.05, 4.69) is 48.2 Å². The molecule has 0 bridgehead atoms. The molecular formula is C29H26N6O2S. The predicted octanol–water partition coefficient (Wildman–Crippen LogP) is 6.04. The molecule has 0 spiro atoms. The van der Waals surface area contributed by atoms with Crippen LogP contribution in [0.3, 0.4) is 0 Å². The van der Waals surface area contributed by atoms with Gasteiger partial charge in [-0.05, 0) is 69.0 Å². The summed E-state index contributed by atoms with van der Waals surface area (Å²) < 4.78 is 5.89. The highest BCUT2D eigenvalue weighted by Gasteiger charge is 2.16. The first-order chi connectivity index (χ1) is 18.5. The van der Waals surface area contributed by atoms with Crippen molar-refractivity contribution >= 4 is 38.9 Å². The van der Waals surface area contributed by atoms with Crippen molar-refractivity contribution in [1.82, 2.24) is 30.0 Å². The normalized spacial score (nSPS) is 11.6. The molecule has 0 atom stereocenters. The molecule has 5 aromatic heterocycles. The van der Waals surface area contributed by atoms with Crippen LogP contribution < -0.4 is 4.74 Å². The van der Waals surface area contributed by atoms with Crippen LogP contribution in [-0.2, 0) is 0 Å². The number of H-pyrrole nitrogens is 2. The highest BCUT2D eigenvalue weighted by Crippen LogP contribution is 2.36. The van der Waals surface area contributed by atoms with Crippen LogP contribution in [0.25, 0.3) is 54.9 Å². The Morgan fingerprint density at radius 3 is 2.66 bits per heavy atom. The van der Waals surface area contributed by atoms with Gasteiger partial charge in [0.05, 0.1) is 32.9 Å². The molecule has 1 aromatic carbocycles. The maximum Gasteiger partial charge on any atom is 0.169 e. The van der Waals surface area contributed by atoms with E-state index in [1.165, 1.54) is 11.3 Å². The van der Waals surface area contributed by atoms with Crippen molar-refractivity contribution in [3.8, 4) is 38.8 Å². The molecule has 9 heteroatoms. The van der Waals surface area contributed by atoms with E-state index in [1.807, 2.05) is 50.6 Å². The highest BCUT2D eigenvalue weighted by molar-refractivity contribution is 7.17. The van der Waals surface area contributed by atoms with Gasteiger partial charge in [0.25, 0.3) is 0 Å². The Morgan fingerprint density at radius 1 is 0.974 bits per heavy atom. The van der Waals surface area contributed by atoms with Crippen LogP contribution in [0, 0.1) is 0 Å². The largest absolute Gasteiger partial charge is 0.491 e. The second kappa shape index (κ2) is 9.85. The molecular weight excluding hydrogens is 496 g/mol. The highest BCUT2D eigenvalue weighted by atomic mass is 32.1. The number of hydrogen-bond donors (Lipinski definition) is 2. The first-order valence-electron chi connectivity index (χ1n) is 12.3. The summed E-state index contributed by atoms with van der Waals surface area (Å²) in [5.41, 5.74) is 6.47. The lowest BCUT2D eigenvalue weighted by Crippen LogP contribution is -2.19. The number of carbonyl (C=O) groups is 1. The van der Waals surface area contributed by atoms with Crippen molar-refractivity contribution in [2.45, 2.75) is 6.92 Å². The van der Waals surface area contributed by atoms with Crippen LogP contribution in [0.2, 0.25) is 0 Å². The molecule has 6 rings (SSSR count). The SMILES string of the molecule is CC(=O)c1ccc(-c2nccc3[nH]c(-c4n[nH]c5ccc(-c6cncc(OCCN(C)C)c6)cc45)cc23)s1. The maximum atomic E-state index is 11.8. The number of Topliss-reactive ketones (excluding diaryl/α,β-unsaturated/α-hetero) is 1. The fraction of sp³-hybridized carbons (Fsp3) is 0.172. The quantitative estimate of drug-likeness (QED) is 0.237. The molecule has 8 nitrogen and oxygen atoms in total. The Balaban J connectivity index is 1.37. The number of hydrogen-bond acceptors (Lipinski definition) is 7. The average molecular weight is 523 g/mol. The number of nitrogens with one attached hydrogen (secondary N) is 2. The van der Waals surface area contributed by atoms with E-state index in [1.54, 1.807) is 19.3 Å². The van der Waals surface area contributed by atoms with Crippen molar-refractivity contribution in [3.05, 3.63) is 72.0 Å². The molecule has 0 fully saturated rings. The average Bonchev–Trinajstić information content (AvgIpc) is 3.66. The van der Waals surface area contributed by atoms with Crippen molar-refractivity contribution in [1.29, 1.82) is 0 Å². The lowest BCUT2D eigenvalue weighted by molar-refractivity contribution is 0.102. The second-order valence-electron chi connectivity index (χ2n) is 9.42. The second-order valence-corrected chi connectivity index (χ2v) is 10.5. The molecule has 5 heterocycles. The van der Waals surface area contributed by atoms with E-state index in [9.17, 15) is 4.79 Å². The summed E-state index contributed by atoms with van der Waals surface area (Å²) in [7, 11) is 4.04. The Hall–Kier alpha value is -4.34. The maximum absolute atomic E-state index is 11.8. The molecule has 0 saturated carbocycles. The molecule has 6 aromatic rings. The monoisotopic (exact) mass is 522 g/mol. The van der Waals surface area contributed by atoms with E-state index < -0.39 is 0 Å². The zero-order valence-electron chi connectivity index (χ0n) is 21.3. The molecule has 38 heavy (non-hydrogen) atoms. The summed E-state index contributed by atoms with van der Waals surface area (Å²) in [6, 6.07) is 16.1. The number of aromatic amines is 2. The third-order valence-electron chi connectivity index (χ3n) is 6.41. The molecule has 0 aliphatic rings. The topological polar surface area (TPSA) is 99.8 Å². The van der Waals surface area contributed by atoms with E-state index >= 15 is 0 Å². The van der Waals surface area contributed by atoms with Gasteiger partial charge in [-0.1, -0.05) is 6.07 Å². The van der Waals surface area contributed by atoms with E-state index in [0.717, 1.165) is 72.1 Å². The summed E-state index contributed by atoms with van der Waals surface area (Å²) in [5.74, 6) is 0.803. The molecule has 0 aliphatic carbocycles. The van der Waals surface area contributed by atoms with Gasteiger partial charge in [-0.3, -0.25) is 19.9 Å². The summed E-state index contributed by atoms with van der Waals surface area (Å²) in [4.78, 5) is 28.1. The number of aromatic nitrogens is 5. The van der Waals surface area contributed by atoms with Crippen molar-refractivity contribution in [2.24, 2.45) is 0 Å². The van der Waals surface area contributed by atoms with Crippen molar-refractivity contribution < 1.29 is 9.53 Å². The standard InChI is InChI=1S/C29H26N6O2S/c1-17(36)26-6-7-27(38-26)29-22-14-25(32-23(22)8-9-31-29)28-21-13-18(4-5-24(21)33-34-28)19-12-20(16-30-15-19)37-11-10-35(2)3/h4-9,12-16,32H,10-11H2,1-3H3,(H,33,34). The lowest BCUT2D eigenvalue weighted by atomic mass is 10.0. The number of carbonyl (C=O) groups excluding carboxylic acids is 1. The minimum Gasteiger partial charge on any atom is -0.491 e. The van der Waals surface area contributed by atoms with Crippen molar-refractivity contribution in [3.63, 3.8) is 0 Å². The number of rotatable bonds is 8. The molecule has 190 valence electrons. The fourth-order valence-corrected chi connectivity index (χ4v) is 5.34. The minimum atomic E-state index is 0.0582. The van der Waals surface area contributed by atoms with Crippen LogP contribution >= 0.6 is 11.3 Å². The van der Waals surface area contributed by atoms with Gasteiger partial charge in [0, 0.05) is 40.8 Å². The number of likely N-dealkylation sites (N-methyl/N-ethyl adjacent to an activating group) is 1. The van der Waals surface area contributed by atoms with E-state index in [0.29, 0.717) is 6.61 Å². The van der Waals surface area contributed by atoms with Crippen molar-refractivity contribution in [2.75, 3.05) is 27.2 Å². The van der Waals surface area contributed by atoms with Gasteiger partial charge in [-0.25, -0.2) is 0 Å². The molecule has 0 aliphatic heterocycles. The Bertz CT molecular complexity index is 1780. The van der Waals surface area contributed by atoms with Gasteiger partial charge >= 0.3 is 0 Å². The summed E-state index contributed by atoms with van der Waals surface area (Å²) in [6.45, 7) is 3.02. The van der Waals surface area contributed by atoms with Gasteiger partial charge in [-0.2, -0.15) is 5.10 Å². The van der Waals surface area contributed by atoms with Crippen LogP contribution in [0.15, 0.2) is 67.1 Å².